The van der Waals surface area contributed by atoms with Crippen molar-refractivity contribution in [3.8, 4) is 0 Å². The van der Waals surface area contributed by atoms with Crippen molar-refractivity contribution in [3.63, 3.8) is 0 Å². The molecule has 0 amide bonds. The molecule has 1 aliphatic heterocycles. The maximum absolute atomic E-state index is 4.35. The van der Waals surface area contributed by atoms with Gasteiger partial charge in [-0.3, -0.25) is 9.89 Å². The predicted octanol–water partition coefficient (Wildman–Crippen LogP) is 2.92. The van der Waals surface area contributed by atoms with E-state index in [0.29, 0.717) is 0 Å². The fourth-order valence-corrected chi connectivity index (χ4v) is 3.14. The van der Waals surface area contributed by atoms with Crippen molar-refractivity contribution in [1.82, 2.24) is 15.5 Å². The minimum Gasteiger partial charge on any atom is -0.355 e. The largest absolute Gasteiger partial charge is 0.355 e. The Labute approximate surface area is 141 Å². The first-order valence-electron chi connectivity index (χ1n) is 8.76. The maximum atomic E-state index is 4.35. The van der Waals surface area contributed by atoms with Crippen LogP contribution in [0.4, 0.5) is 0 Å². The third-order valence-electron chi connectivity index (χ3n) is 4.67. The average molecular weight is 316 g/mol. The third kappa shape index (κ3) is 5.54. The molecular weight excluding hydrogens is 284 g/mol. The van der Waals surface area contributed by atoms with Crippen molar-refractivity contribution >= 4 is 5.96 Å². The van der Waals surface area contributed by atoms with Crippen LogP contribution in [-0.4, -0.2) is 43.1 Å². The normalized spacial score (nSPS) is 17.1. The van der Waals surface area contributed by atoms with E-state index in [-0.39, 0.29) is 5.54 Å². The van der Waals surface area contributed by atoms with Gasteiger partial charge < -0.3 is 10.6 Å². The number of hydrogen-bond acceptors (Lipinski definition) is 2. The van der Waals surface area contributed by atoms with Crippen LogP contribution in [0.15, 0.2) is 29.3 Å². The monoisotopic (exact) mass is 316 g/mol. The Morgan fingerprint density at radius 2 is 1.91 bits per heavy atom. The van der Waals surface area contributed by atoms with Gasteiger partial charge in [-0.05, 0) is 52.3 Å². The molecule has 1 aliphatic rings. The van der Waals surface area contributed by atoms with Crippen LogP contribution in [0.5, 0.6) is 0 Å². The minimum atomic E-state index is 0.154. The Bertz CT molecular complexity index is 516. The van der Waals surface area contributed by atoms with Crippen LogP contribution in [0.25, 0.3) is 0 Å². The number of nitrogens with zero attached hydrogens (tertiary/aromatic N) is 2. The smallest absolute Gasteiger partial charge is 0.191 e. The molecule has 1 fully saturated rings. The molecule has 0 bridgehead atoms. The minimum absolute atomic E-state index is 0.154. The molecule has 23 heavy (non-hydrogen) atoms. The maximum Gasteiger partial charge on any atom is 0.191 e. The Hall–Kier alpha value is -1.55. The molecule has 0 saturated carbocycles. The Morgan fingerprint density at radius 1 is 1.17 bits per heavy atom. The highest BCUT2D eigenvalue weighted by molar-refractivity contribution is 5.79. The molecule has 4 heteroatoms. The van der Waals surface area contributed by atoms with Crippen LogP contribution in [0.2, 0.25) is 0 Å². The van der Waals surface area contributed by atoms with E-state index >= 15 is 0 Å². The number of aliphatic imine (C=N–C) groups is 1. The van der Waals surface area contributed by atoms with Gasteiger partial charge in [0.05, 0.1) is 0 Å². The number of aryl methyl sites for hydroxylation is 1. The summed E-state index contributed by atoms with van der Waals surface area (Å²) in [6.07, 6.45) is 4.02. The molecular formula is C19H32N4. The third-order valence-corrected chi connectivity index (χ3v) is 4.67. The summed E-state index contributed by atoms with van der Waals surface area (Å²) in [5.74, 6) is 0.872. The van der Waals surface area contributed by atoms with Gasteiger partial charge in [0.1, 0.15) is 0 Å². The second-order valence-corrected chi connectivity index (χ2v) is 7.13. The van der Waals surface area contributed by atoms with Gasteiger partial charge in [-0.15, -0.1) is 0 Å². The molecule has 1 aromatic carbocycles. The fourth-order valence-electron chi connectivity index (χ4n) is 3.14. The molecule has 0 aromatic heterocycles. The van der Waals surface area contributed by atoms with Crippen molar-refractivity contribution < 1.29 is 0 Å². The van der Waals surface area contributed by atoms with Crippen LogP contribution in [-0.2, 0) is 6.54 Å². The fraction of sp³-hybridized carbons (Fsp3) is 0.632. The molecule has 0 aliphatic carbocycles. The lowest BCUT2D eigenvalue weighted by Crippen LogP contribution is -2.54. The van der Waals surface area contributed by atoms with E-state index in [9.17, 15) is 0 Å². The predicted molar refractivity (Wildman–Crippen MR) is 98.9 cm³/mol. The first-order valence-corrected chi connectivity index (χ1v) is 8.76. The van der Waals surface area contributed by atoms with Gasteiger partial charge in [0.15, 0.2) is 5.96 Å². The highest BCUT2D eigenvalue weighted by Gasteiger charge is 2.27. The van der Waals surface area contributed by atoms with Crippen LogP contribution in [0, 0.1) is 6.92 Å². The molecule has 0 atom stereocenters. The van der Waals surface area contributed by atoms with Gasteiger partial charge in [0, 0.05) is 25.7 Å². The number of likely N-dealkylation sites (tertiary alicyclic amines) is 1. The molecule has 2 N–H and O–H groups in total. The Kier molecular flexibility index (Phi) is 6.46. The zero-order valence-corrected chi connectivity index (χ0v) is 15.2. The van der Waals surface area contributed by atoms with E-state index in [2.05, 4.69) is 65.6 Å². The Morgan fingerprint density at radius 3 is 2.57 bits per heavy atom. The summed E-state index contributed by atoms with van der Waals surface area (Å²) in [4.78, 5) is 6.94. The van der Waals surface area contributed by atoms with Crippen LogP contribution < -0.4 is 10.6 Å². The second kappa shape index (κ2) is 8.34. The zero-order chi connectivity index (χ0) is 16.7. The highest BCUT2D eigenvalue weighted by Crippen LogP contribution is 2.19. The van der Waals surface area contributed by atoms with Gasteiger partial charge in [-0.25, -0.2) is 0 Å². The van der Waals surface area contributed by atoms with E-state index in [1.54, 1.807) is 0 Å². The zero-order valence-electron chi connectivity index (χ0n) is 15.2. The van der Waals surface area contributed by atoms with Crippen molar-refractivity contribution in [2.45, 2.75) is 52.1 Å². The van der Waals surface area contributed by atoms with E-state index in [4.69, 9.17) is 0 Å². The second-order valence-electron chi connectivity index (χ2n) is 7.13. The summed E-state index contributed by atoms with van der Waals surface area (Å²) >= 11 is 0. The van der Waals surface area contributed by atoms with Gasteiger partial charge >= 0.3 is 0 Å². The van der Waals surface area contributed by atoms with Crippen LogP contribution >= 0.6 is 0 Å². The number of rotatable bonds is 5. The van der Waals surface area contributed by atoms with Crippen molar-refractivity contribution in [1.29, 1.82) is 0 Å². The quantitative estimate of drug-likeness (QED) is 0.648. The molecule has 2 rings (SSSR count). The SMILES string of the molecule is CN=C(NCc1cccc(C)c1)NCC(C)(C)N1CCCCC1. The number of nitrogens with one attached hydrogen (secondary N) is 2. The lowest BCUT2D eigenvalue weighted by atomic mass is 9.98. The summed E-state index contributed by atoms with van der Waals surface area (Å²) in [5, 5.41) is 6.90. The molecule has 1 heterocycles. The van der Waals surface area contributed by atoms with E-state index < -0.39 is 0 Å². The summed E-state index contributed by atoms with van der Waals surface area (Å²) < 4.78 is 0. The summed E-state index contributed by atoms with van der Waals surface area (Å²) in [6.45, 7) is 10.9. The van der Waals surface area contributed by atoms with Crippen LogP contribution in [0.1, 0.15) is 44.2 Å². The first kappa shape index (κ1) is 17.8. The van der Waals surface area contributed by atoms with Crippen molar-refractivity contribution in [2.75, 3.05) is 26.7 Å². The van der Waals surface area contributed by atoms with Gasteiger partial charge in [0.25, 0.3) is 0 Å². The lowest BCUT2D eigenvalue weighted by Gasteiger charge is -2.41. The molecule has 0 radical (unpaired) electrons. The topological polar surface area (TPSA) is 39.7 Å². The molecule has 4 nitrogen and oxygen atoms in total. The Balaban J connectivity index is 1.82. The molecule has 128 valence electrons. The number of benzene rings is 1. The van der Waals surface area contributed by atoms with Crippen LogP contribution in [0.3, 0.4) is 0 Å². The van der Waals surface area contributed by atoms with E-state index in [1.165, 1.54) is 43.5 Å². The molecule has 0 spiro atoms. The van der Waals surface area contributed by atoms with Gasteiger partial charge in [0.2, 0.25) is 0 Å². The standard InChI is InChI=1S/C19H32N4/c1-16-9-8-10-17(13-16)14-21-18(20-4)22-15-19(2,3)23-11-6-5-7-12-23/h8-10,13H,5-7,11-12,14-15H2,1-4H3,(H2,20,21,22). The molecule has 1 saturated heterocycles. The first-order chi connectivity index (χ1) is 11.0. The average Bonchev–Trinajstić information content (AvgIpc) is 2.56. The summed E-state index contributed by atoms with van der Waals surface area (Å²) in [7, 11) is 1.83. The molecule has 0 unspecified atom stereocenters. The molecule has 1 aromatic rings. The van der Waals surface area contributed by atoms with E-state index in [1.807, 2.05) is 7.05 Å². The number of hydrogen-bond donors (Lipinski definition) is 2. The van der Waals surface area contributed by atoms with Crippen molar-refractivity contribution in [3.05, 3.63) is 35.4 Å². The number of guanidine groups is 1. The van der Waals surface area contributed by atoms with Gasteiger partial charge in [-0.2, -0.15) is 0 Å². The van der Waals surface area contributed by atoms with Gasteiger partial charge in [-0.1, -0.05) is 36.2 Å². The highest BCUT2D eigenvalue weighted by atomic mass is 15.2. The summed E-state index contributed by atoms with van der Waals surface area (Å²) in [6, 6.07) is 8.57. The van der Waals surface area contributed by atoms with Crippen molar-refractivity contribution in [2.24, 2.45) is 4.99 Å². The summed E-state index contributed by atoms with van der Waals surface area (Å²) in [5.41, 5.74) is 2.73. The number of piperidine rings is 1. The lowest BCUT2D eigenvalue weighted by molar-refractivity contribution is 0.0982. The van der Waals surface area contributed by atoms with E-state index in [0.717, 1.165) is 19.0 Å².